The van der Waals surface area contributed by atoms with Crippen LogP contribution in [-0.2, 0) is 0 Å². The van der Waals surface area contributed by atoms with Gasteiger partial charge in [-0.2, -0.15) is 0 Å². The normalized spacial score (nSPS) is 12.5. The summed E-state index contributed by atoms with van der Waals surface area (Å²) in [7, 11) is 0. The molecule has 3 nitrogen and oxygen atoms in total. The van der Waals surface area contributed by atoms with Gasteiger partial charge in [0.15, 0.2) is 0 Å². The maximum absolute atomic E-state index is 10.6. The molecule has 1 heterocycles. The van der Waals surface area contributed by atoms with Crippen LogP contribution >= 0.6 is 22.9 Å². The summed E-state index contributed by atoms with van der Waals surface area (Å²) in [5.74, 6) is 0. The second-order valence-electron chi connectivity index (χ2n) is 2.61. The molecule has 0 radical (unpaired) electrons. The van der Waals surface area contributed by atoms with Gasteiger partial charge in [0, 0.05) is 4.88 Å². The van der Waals surface area contributed by atoms with Crippen molar-refractivity contribution in [2.75, 3.05) is 0 Å². The summed E-state index contributed by atoms with van der Waals surface area (Å²) in [6.07, 6.45) is 0.805. The molecule has 1 atom stereocenters. The van der Waals surface area contributed by atoms with Crippen LogP contribution in [-0.4, -0.2) is 6.03 Å². The van der Waals surface area contributed by atoms with Gasteiger partial charge in [-0.25, -0.2) is 4.79 Å². The molecule has 0 saturated carbocycles. The topological polar surface area (TPSA) is 55.1 Å². The molecule has 0 aliphatic heterocycles. The third kappa shape index (κ3) is 2.90. The molecule has 1 aromatic heterocycles. The summed E-state index contributed by atoms with van der Waals surface area (Å²) in [6.45, 7) is 1.98. The minimum Gasteiger partial charge on any atom is -0.352 e. The number of hydrogen-bond acceptors (Lipinski definition) is 2. The van der Waals surface area contributed by atoms with Crippen molar-refractivity contribution in [1.82, 2.24) is 5.32 Å². The van der Waals surface area contributed by atoms with E-state index in [2.05, 4.69) is 5.32 Å². The van der Waals surface area contributed by atoms with Gasteiger partial charge < -0.3 is 11.1 Å². The lowest BCUT2D eigenvalue weighted by Gasteiger charge is -2.12. The summed E-state index contributed by atoms with van der Waals surface area (Å²) < 4.78 is 0.722. The largest absolute Gasteiger partial charge is 0.352 e. The SMILES string of the molecule is CCC(NC(N)=O)c1ccc(Cl)s1. The van der Waals surface area contributed by atoms with Crippen LogP contribution in [0.2, 0.25) is 4.34 Å². The molecule has 0 fully saturated rings. The predicted molar refractivity (Wildman–Crippen MR) is 55.1 cm³/mol. The van der Waals surface area contributed by atoms with Gasteiger partial charge in [0.25, 0.3) is 0 Å². The number of urea groups is 1. The lowest BCUT2D eigenvalue weighted by atomic mass is 10.2. The zero-order valence-corrected chi connectivity index (χ0v) is 8.78. The molecule has 1 aromatic rings. The molecule has 0 bridgehead atoms. The first-order chi connectivity index (χ1) is 6.13. The fourth-order valence-electron chi connectivity index (χ4n) is 1.06. The van der Waals surface area contributed by atoms with Crippen LogP contribution in [0.5, 0.6) is 0 Å². The highest BCUT2D eigenvalue weighted by Crippen LogP contribution is 2.28. The molecule has 0 aliphatic rings. The third-order valence-corrected chi connectivity index (χ3v) is 3.01. The number of amides is 2. The van der Waals surface area contributed by atoms with Gasteiger partial charge in [0.2, 0.25) is 0 Å². The minimum atomic E-state index is -0.503. The third-order valence-electron chi connectivity index (χ3n) is 1.66. The van der Waals surface area contributed by atoms with Crippen molar-refractivity contribution in [2.45, 2.75) is 19.4 Å². The van der Waals surface area contributed by atoms with Gasteiger partial charge >= 0.3 is 6.03 Å². The fraction of sp³-hybridized carbons (Fsp3) is 0.375. The van der Waals surface area contributed by atoms with Crippen molar-refractivity contribution in [1.29, 1.82) is 0 Å². The summed E-state index contributed by atoms with van der Waals surface area (Å²) in [6, 6.07) is 3.19. The first-order valence-corrected chi connectivity index (χ1v) is 5.14. The molecule has 0 spiro atoms. The van der Waals surface area contributed by atoms with Crippen LogP contribution in [0.25, 0.3) is 0 Å². The van der Waals surface area contributed by atoms with Crippen molar-refractivity contribution >= 4 is 29.0 Å². The van der Waals surface area contributed by atoms with Gasteiger partial charge in [-0.3, -0.25) is 0 Å². The summed E-state index contributed by atoms with van der Waals surface area (Å²) in [5, 5.41) is 2.65. The van der Waals surface area contributed by atoms with Gasteiger partial charge in [-0.15, -0.1) is 11.3 Å². The van der Waals surface area contributed by atoms with Crippen molar-refractivity contribution in [3.63, 3.8) is 0 Å². The molecule has 1 unspecified atom stereocenters. The van der Waals surface area contributed by atoms with Crippen LogP contribution in [0, 0.1) is 0 Å². The molecular weight excluding hydrogens is 208 g/mol. The lowest BCUT2D eigenvalue weighted by Crippen LogP contribution is -2.32. The quantitative estimate of drug-likeness (QED) is 0.805. The van der Waals surface area contributed by atoms with E-state index in [1.165, 1.54) is 11.3 Å². The predicted octanol–water partition coefficient (Wildman–Crippen LogP) is 2.52. The summed E-state index contributed by atoms with van der Waals surface area (Å²) >= 11 is 7.23. The lowest BCUT2D eigenvalue weighted by molar-refractivity contribution is 0.245. The maximum Gasteiger partial charge on any atom is 0.312 e. The van der Waals surface area contributed by atoms with Gasteiger partial charge in [0.05, 0.1) is 10.4 Å². The molecule has 1 rings (SSSR count). The second-order valence-corrected chi connectivity index (χ2v) is 4.36. The van der Waals surface area contributed by atoms with E-state index in [0.29, 0.717) is 0 Å². The molecule has 5 heteroatoms. The maximum atomic E-state index is 10.6. The number of carbonyl (C=O) groups excluding carboxylic acids is 1. The first-order valence-electron chi connectivity index (χ1n) is 3.94. The van der Waals surface area contributed by atoms with Crippen molar-refractivity contribution in [3.8, 4) is 0 Å². The van der Waals surface area contributed by atoms with E-state index >= 15 is 0 Å². The zero-order chi connectivity index (χ0) is 9.84. The first kappa shape index (κ1) is 10.3. The van der Waals surface area contributed by atoms with Crippen LogP contribution < -0.4 is 11.1 Å². The van der Waals surface area contributed by atoms with Crippen molar-refractivity contribution < 1.29 is 4.79 Å². The van der Waals surface area contributed by atoms with E-state index in [4.69, 9.17) is 17.3 Å². The highest BCUT2D eigenvalue weighted by molar-refractivity contribution is 7.16. The summed E-state index contributed by atoms with van der Waals surface area (Å²) in [5.41, 5.74) is 5.03. The zero-order valence-electron chi connectivity index (χ0n) is 7.21. The number of nitrogens with one attached hydrogen (secondary N) is 1. The Morgan fingerprint density at radius 3 is 2.85 bits per heavy atom. The minimum absolute atomic E-state index is 0.0185. The van der Waals surface area contributed by atoms with E-state index in [-0.39, 0.29) is 6.04 Å². The standard InChI is InChI=1S/C8H11ClN2OS/c1-2-5(11-8(10)12)6-3-4-7(9)13-6/h3-5H,2H2,1H3,(H3,10,11,12). The fourth-order valence-corrected chi connectivity index (χ4v) is 2.26. The number of halogens is 1. The highest BCUT2D eigenvalue weighted by atomic mass is 35.5. The van der Waals surface area contributed by atoms with Crippen molar-refractivity contribution in [3.05, 3.63) is 21.3 Å². The van der Waals surface area contributed by atoms with Crippen LogP contribution in [0.1, 0.15) is 24.3 Å². The molecule has 72 valence electrons. The number of primary amides is 1. The number of nitrogens with two attached hydrogens (primary N) is 1. The van der Waals surface area contributed by atoms with Gasteiger partial charge in [-0.1, -0.05) is 18.5 Å². The summed E-state index contributed by atoms with van der Waals surface area (Å²) in [4.78, 5) is 11.7. The Morgan fingerprint density at radius 1 is 1.77 bits per heavy atom. The number of carbonyl (C=O) groups is 1. The van der Waals surface area contributed by atoms with Crippen molar-refractivity contribution in [2.24, 2.45) is 5.73 Å². The Balaban J connectivity index is 2.72. The van der Waals surface area contributed by atoms with E-state index in [0.717, 1.165) is 15.6 Å². The smallest absolute Gasteiger partial charge is 0.312 e. The molecule has 3 N–H and O–H groups in total. The molecule has 0 aromatic carbocycles. The average Bonchev–Trinajstić information content (AvgIpc) is 2.47. The van der Waals surface area contributed by atoms with Crippen LogP contribution in [0.15, 0.2) is 12.1 Å². The monoisotopic (exact) mass is 218 g/mol. The Labute approximate surface area is 85.9 Å². The number of thiophene rings is 1. The molecule has 0 aliphatic carbocycles. The Hall–Kier alpha value is -0.740. The Bertz CT molecular complexity index is 300. The van der Waals surface area contributed by atoms with Crippen LogP contribution in [0.4, 0.5) is 4.79 Å². The molecule has 0 saturated heterocycles. The van der Waals surface area contributed by atoms with Gasteiger partial charge in [0.1, 0.15) is 0 Å². The van der Waals surface area contributed by atoms with E-state index < -0.39 is 6.03 Å². The average molecular weight is 219 g/mol. The van der Waals surface area contributed by atoms with Gasteiger partial charge in [-0.05, 0) is 18.6 Å². The molecule has 2 amide bonds. The second kappa shape index (κ2) is 4.48. The Kier molecular flexibility index (Phi) is 3.57. The molecule has 13 heavy (non-hydrogen) atoms. The Morgan fingerprint density at radius 2 is 2.46 bits per heavy atom. The molecular formula is C8H11ClN2OS. The van der Waals surface area contributed by atoms with Crippen LogP contribution in [0.3, 0.4) is 0 Å². The van der Waals surface area contributed by atoms with E-state index in [1.54, 1.807) is 0 Å². The van der Waals surface area contributed by atoms with E-state index in [9.17, 15) is 4.79 Å². The number of rotatable bonds is 3. The highest BCUT2D eigenvalue weighted by Gasteiger charge is 2.12. The van der Waals surface area contributed by atoms with E-state index in [1.807, 2.05) is 19.1 Å². The number of hydrogen-bond donors (Lipinski definition) is 2.